The third-order valence-electron chi connectivity index (χ3n) is 3.33. The molecule has 0 saturated carbocycles. The normalized spacial score (nSPS) is 12.4. The van der Waals surface area contributed by atoms with Crippen LogP contribution >= 0.6 is 11.3 Å². The minimum Gasteiger partial charge on any atom is -0.346 e. The first kappa shape index (κ1) is 13.8. The topological polar surface area (TPSA) is 59.3 Å². The molecule has 0 radical (unpaired) electrons. The monoisotopic (exact) mass is 300 g/mol. The zero-order valence-electron chi connectivity index (χ0n) is 11.7. The fourth-order valence-electron chi connectivity index (χ4n) is 2.23. The quantitative estimate of drug-likeness (QED) is 0.788. The van der Waals surface area contributed by atoms with Gasteiger partial charge in [-0.15, -0.1) is 10.2 Å². The summed E-state index contributed by atoms with van der Waals surface area (Å²) >= 11 is 1.65. The summed E-state index contributed by atoms with van der Waals surface area (Å²) in [6.07, 6.45) is 3.15. The number of aromatic nitrogens is 3. The van der Waals surface area contributed by atoms with Gasteiger partial charge in [0.2, 0.25) is 5.91 Å². The Hall–Kier alpha value is -2.21. The lowest BCUT2D eigenvalue weighted by molar-refractivity contribution is -0.121. The number of rotatable bonds is 5. The maximum absolute atomic E-state index is 12.0. The lowest BCUT2D eigenvalue weighted by Gasteiger charge is -2.12. The average Bonchev–Trinajstić information content (AvgIpc) is 3.14. The number of thiophene rings is 1. The summed E-state index contributed by atoms with van der Waals surface area (Å²) in [4.78, 5) is 12.0. The molecule has 3 aromatic rings. The number of nitrogens with one attached hydrogen (secondary N) is 1. The number of pyridine rings is 1. The first-order valence-corrected chi connectivity index (χ1v) is 7.78. The summed E-state index contributed by atoms with van der Waals surface area (Å²) in [5, 5.41) is 15.3. The van der Waals surface area contributed by atoms with Gasteiger partial charge in [-0.3, -0.25) is 9.20 Å². The van der Waals surface area contributed by atoms with Gasteiger partial charge in [0.15, 0.2) is 11.5 Å². The minimum absolute atomic E-state index is 0.0291. The van der Waals surface area contributed by atoms with Gasteiger partial charge in [0.05, 0.1) is 6.04 Å². The highest BCUT2D eigenvalue weighted by Crippen LogP contribution is 2.13. The second kappa shape index (κ2) is 6.05. The molecule has 21 heavy (non-hydrogen) atoms. The van der Waals surface area contributed by atoms with Crippen LogP contribution in [0.5, 0.6) is 0 Å². The molecule has 0 bridgehead atoms. The van der Waals surface area contributed by atoms with Gasteiger partial charge in [0, 0.05) is 12.6 Å². The van der Waals surface area contributed by atoms with E-state index in [9.17, 15) is 4.79 Å². The Kier molecular flexibility index (Phi) is 3.96. The Bertz CT molecular complexity index is 735. The minimum atomic E-state index is -0.169. The van der Waals surface area contributed by atoms with Crippen LogP contribution in [-0.2, 0) is 11.2 Å². The van der Waals surface area contributed by atoms with E-state index in [4.69, 9.17) is 0 Å². The second-order valence-corrected chi connectivity index (χ2v) is 5.69. The highest BCUT2D eigenvalue weighted by atomic mass is 32.1. The molecule has 0 spiro atoms. The molecule has 3 aromatic heterocycles. The molecule has 6 heteroatoms. The van der Waals surface area contributed by atoms with Crippen LogP contribution < -0.4 is 5.32 Å². The summed E-state index contributed by atoms with van der Waals surface area (Å²) in [6, 6.07) is 7.61. The number of carbonyl (C=O) groups is 1. The van der Waals surface area contributed by atoms with Crippen molar-refractivity contribution in [3.05, 3.63) is 52.6 Å². The van der Waals surface area contributed by atoms with Crippen molar-refractivity contribution in [3.8, 4) is 0 Å². The number of carbonyl (C=O) groups excluding carboxylic acids is 1. The Balaban J connectivity index is 1.63. The molecular weight excluding hydrogens is 284 g/mol. The SMILES string of the molecule is CC(NC(=O)CCc1ccsc1)c1nnc2ccccn12. The molecule has 5 nitrogen and oxygen atoms in total. The van der Waals surface area contributed by atoms with Gasteiger partial charge in [-0.1, -0.05) is 6.07 Å². The highest BCUT2D eigenvalue weighted by Gasteiger charge is 2.15. The molecule has 0 aliphatic rings. The van der Waals surface area contributed by atoms with Crippen LogP contribution in [0, 0.1) is 0 Å². The van der Waals surface area contributed by atoms with Gasteiger partial charge >= 0.3 is 0 Å². The van der Waals surface area contributed by atoms with E-state index in [1.165, 1.54) is 5.56 Å². The van der Waals surface area contributed by atoms with Crippen LogP contribution in [0.25, 0.3) is 5.65 Å². The lowest BCUT2D eigenvalue weighted by atomic mass is 10.2. The molecule has 1 amide bonds. The number of amides is 1. The molecule has 1 atom stereocenters. The van der Waals surface area contributed by atoms with E-state index >= 15 is 0 Å². The van der Waals surface area contributed by atoms with Crippen LogP contribution in [0.4, 0.5) is 0 Å². The number of nitrogens with zero attached hydrogens (tertiary/aromatic N) is 3. The van der Waals surface area contributed by atoms with E-state index in [0.717, 1.165) is 17.9 Å². The Morgan fingerprint density at radius 1 is 1.38 bits per heavy atom. The molecule has 108 valence electrons. The molecule has 0 saturated heterocycles. The Morgan fingerprint density at radius 2 is 2.29 bits per heavy atom. The zero-order chi connectivity index (χ0) is 14.7. The second-order valence-electron chi connectivity index (χ2n) is 4.91. The third kappa shape index (κ3) is 3.11. The predicted octanol–water partition coefficient (Wildman–Crippen LogP) is 2.60. The first-order valence-electron chi connectivity index (χ1n) is 6.84. The smallest absolute Gasteiger partial charge is 0.220 e. The maximum Gasteiger partial charge on any atom is 0.220 e. The van der Waals surface area contributed by atoms with Crippen molar-refractivity contribution >= 4 is 22.9 Å². The average molecular weight is 300 g/mol. The Morgan fingerprint density at radius 3 is 3.10 bits per heavy atom. The van der Waals surface area contributed by atoms with Crippen molar-refractivity contribution in [1.82, 2.24) is 19.9 Å². The predicted molar refractivity (Wildman–Crippen MR) is 82.2 cm³/mol. The van der Waals surface area contributed by atoms with Crippen LogP contribution in [0.3, 0.4) is 0 Å². The van der Waals surface area contributed by atoms with Crippen LogP contribution in [0.1, 0.15) is 30.8 Å². The van der Waals surface area contributed by atoms with Crippen molar-refractivity contribution in [2.45, 2.75) is 25.8 Å². The molecule has 3 rings (SSSR count). The molecule has 0 aliphatic carbocycles. The fraction of sp³-hybridized carbons (Fsp3) is 0.267. The highest BCUT2D eigenvalue weighted by molar-refractivity contribution is 7.07. The van der Waals surface area contributed by atoms with E-state index in [1.807, 2.05) is 47.2 Å². The molecule has 0 aromatic carbocycles. The molecule has 1 unspecified atom stereocenters. The standard InChI is InChI=1S/C15H16N4OS/c1-11(15-18-17-13-4-2-3-8-19(13)15)16-14(20)6-5-12-7-9-21-10-12/h2-4,7-11H,5-6H2,1H3,(H,16,20). The van der Waals surface area contributed by atoms with E-state index in [-0.39, 0.29) is 11.9 Å². The van der Waals surface area contributed by atoms with E-state index in [1.54, 1.807) is 11.3 Å². The van der Waals surface area contributed by atoms with Gasteiger partial charge in [-0.25, -0.2) is 0 Å². The van der Waals surface area contributed by atoms with Crippen molar-refractivity contribution in [2.75, 3.05) is 0 Å². The van der Waals surface area contributed by atoms with E-state index in [0.29, 0.717) is 6.42 Å². The van der Waals surface area contributed by atoms with E-state index in [2.05, 4.69) is 20.9 Å². The lowest BCUT2D eigenvalue weighted by Crippen LogP contribution is -2.28. The zero-order valence-corrected chi connectivity index (χ0v) is 12.5. The van der Waals surface area contributed by atoms with Crippen molar-refractivity contribution < 1.29 is 4.79 Å². The van der Waals surface area contributed by atoms with Gasteiger partial charge in [-0.05, 0) is 47.9 Å². The summed E-state index contributed by atoms with van der Waals surface area (Å²) in [6.45, 7) is 1.92. The number of aryl methyl sites for hydroxylation is 1. The van der Waals surface area contributed by atoms with E-state index < -0.39 is 0 Å². The number of hydrogen-bond acceptors (Lipinski definition) is 4. The van der Waals surface area contributed by atoms with Gasteiger partial charge in [0.25, 0.3) is 0 Å². The maximum atomic E-state index is 12.0. The van der Waals surface area contributed by atoms with Crippen molar-refractivity contribution in [1.29, 1.82) is 0 Å². The fourth-order valence-corrected chi connectivity index (χ4v) is 2.93. The van der Waals surface area contributed by atoms with Gasteiger partial charge in [-0.2, -0.15) is 11.3 Å². The van der Waals surface area contributed by atoms with Gasteiger partial charge < -0.3 is 5.32 Å². The number of fused-ring (bicyclic) bond motifs is 1. The summed E-state index contributed by atoms with van der Waals surface area (Å²) < 4.78 is 1.89. The molecular formula is C15H16N4OS. The summed E-state index contributed by atoms with van der Waals surface area (Å²) in [7, 11) is 0. The molecule has 1 N–H and O–H groups in total. The van der Waals surface area contributed by atoms with Crippen LogP contribution in [0.2, 0.25) is 0 Å². The first-order chi connectivity index (χ1) is 10.2. The molecule has 0 fully saturated rings. The van der Waals surface area contributed by atoms with Crippen LogP contribution in [0.15, 0.2) is 41.2 Å². The molecule has 0 aliphatic heterocycles. The summed E-state index contributed by atoms with van der Waals surface area (Å²) in [5.41, 5.74) is 1.99. The molecule has 3 heterocycles. The van der Waals surface area contributed by atoms with Crippen LogP contribution in [-0.4, -0.2) is 20.5 Å². The van der Waals surface area contributed by atoms with Gasteiger partial charge in [0.1, 0.15) is 0 Å². The number of hydrogen-bond donors (Lipinski definition) is 1. The largest absolute Gasteiger partial charge is 0.346 e. The van der Waals surface area contributed by atoms with Crippen molar-refractivity contribution in [2.24, 2.45) is 0 Å². The Labute approximate surface area is 126 Å². The third-order valence-corrected chi connectivity index (χ3v) is 4.06. The van der Waals surface area contributed by atoms with Crippen molar-refractivity contribution in [3.63, 3.8) is 0 Å². The summed E-state index contributed by atoms with van der Waals surface area (Å²) in [5.74, 6) is 0.774.